The van der Waals surface area contributed by atoms with Gasteiger partial charge in [-0.15, -0.1) is 0 Å². The maximum atomic E-state index is 12.3. The summed E-state index contributed by atoms with van der Waals surface area (Å²) in [6.07, 6.45) is 0.676. The first-order valence-corrected chi connectivity index (χ1v) is 7.45. The molecule has 0 radical (unpaired) electrons. The Morgan fingerprint density at radius 1 is 1.39 bits per heavy atom. The Balaban J connectivity index is 3.24. The summed E-state index contributed by atoms with van der Waals surface area (Å²) in [6, 6.07) is 4.51. The smallest absolute Gasteiger partial charge is 0.244 e. The first-order valence-electron chi connectivity index (χ1n) is 5.59. The lowest BCUT2D eigenvalue weighted by Gasteiger charge is -2.24. The maximum absolute atomic E-state index is 12.3. The van der Waals surface area contributed by atoms with E-state index in [1.165, 1.54) is 19.2 Å². The highest BCUT2D eigenvalue weighted by Crippen LogP contribution is 2.28. The molecule has 1 rings (SSSR count). The quantitative estimate of drug-likeness (QED) is 0.907. The molecule has 102 valence electrons. The second-order valence-corrected chi connectivity index (χ2v) is 6.73. The Labute approximate surface area is 113 Å². The predicted molar refractivity (Wildman–Crippen MR) is 72.7 cm³/mol. The molecule has 0 aliphatic heterocycles. The number of rotatable bonds is 5. The Kier molecular flexibility index (Phi) is 4.64. The molecule has 0 aromatic heterocycles. The fourth-order valence-electron chi connectivity index (χ4n) is 1.35. The zero-order chi connectivity index (χ0) is 14.0. The molecule has 1 N–H and O–H groups in total. The SMILES string of the molecule is CCC(C)(C)NS(=O)(=O)c1cc(Cl)ccc1OC. The third-order valence-electron chi connectivity index (χ3n) is 2.71. The van der Waals surface area contributed by atoms with Gasteiger partial charge in [0.2, 0.25) is 10.0 Å². The van der Waals surface area contributed by atoms with Gasteiger partial charge < -0.3 is 4.74 Å². The van der Waals surface area contributed by atoms with Gasteiger partial charge in [0.25, 0.3) is 0 Å². The van der Waals surface area contributed by atoms with Crippen LogP contribution in [0.1, 0.15) is 27.2 Å². The van der Waals surface area contributed by atoms with E-state index in [1.807, 2.05) is 20.8 Å². The van der Waals surface area contributed by atoms with Gasteiger partial charge in [0, 0.05) is 10.6 Å². The van der Waals surface area contributed by atoms with E-state index >= 15 is 0 Å². The first-order chi connectivity index (χ1) is 8.22. The minimum Gasteiger partial charge on any atom is -0.495 e. The second-order valence-electron chi connectivity index (χ2n) is 4.64. The zero-order valence-corrected chi connectivity index (χ0v) is 12.5. The van der Waals surface area contributed by atoms with Crippen molar-refractivity contribution in [3.8, 4) is 5.75 Å². The molecule has 0 saturated heterocycles. The molecule has 0 amide bonds. The van der Waals surface area contributed by atoms with Crippen molar-refractivity contribution < 1.29 is 13.2 Å². The van der Waals surface area contributed by atoms with Gasteiger partial charge in [0.1, 0.15) is 10.6 Å². The van der Waals surface area contributed by atoms with Crippen molar-refractivity contribution in [2.24, 2.45) is 0 Å². The summed E-state index contributed by atoms with van der Waals surface area (Å²) in [5.41, 5.74) is -0.522. The average molecular weight is 292 g/mol. The molecule has 18 heavy (non-hydrogen) atoms. The largest absolute Gasteiger partial charge is 0.495 e. The second kappa shape index (κ2) is 5.47. The van der Waals surface area contributed by atoms with Crippen LogP contribution in [0.25, 0.3) is 0 Å². The normalized spacial score (nSPS) is 12.5. The number of ether oxygens (including phenoxy) is 1. The van der Waals surface area contributed by atoms with Crippen LogP contribution in [-0.2, 0) is 10.0 Å². The van der Waals surface area contributed by atoms with E-state index in [0.717, 1.165) is 0 Å². The lowest BCUT2D eigenvalue weighted by atomic mass is 10.0. The molecule has 0 spiro atoms. The van der Waals surface area contributed by atoms with Gasteiger partial charge in [-0.05, 0) is 38.5 Å². The summed E-state index contributed by atoms with van der Waals surface area (Å²) in [4.78, 5) is 0.0547. The molecule has 6 heteroatoms. The van der Waals surface area contributed by atoms with Crippen LogP contribution in [0.15, 0.2) is 23.1 Å². The molecule has 0 unspecified atom stereocenters. The van der Waals surface area contributed by atoms with Crippen LogP contribution in [0.5, 0.6) is 5.75 Å². The summed E-state index contributed by atoms with van der Waals surface area (Å²) in [5, 5.41) is 0.352. The highest BCUT2D eigenvalue weighted by molar-refractivity contribution is 7.89. The van der Waals surface area contributed by atoms with Gasteiger partial charge >= 0.3 is 0 Å². The molecule has 0 atom stereocenters. The van der Waals surface area contributed by atoms with E-state index in [0.29, 0.717) is 11.4 Å². The number of methoxy groups -OCH3 is 1. The number of hydrogen-bond donors (Lipinski definition) is 1. The monoisotopic (exact) mass is 291 g/mol. The van der Waals surface area contributed by atoms with Crippen LogP contribution < -0.4 is 9.46 Å². The zero-order valence-electron chi connectivity index (χ0n) is 11.0. The van der Waals surface area contributed by atoms with Crippen molar-refractivity contribution in [2.45, 2.75) is 37.6 Å². The van der Waals surface area contributed by atoms with Crippen LogP contribution in [-0.4, -0.2) is 21.1 Å². The van der Waals surface area contributed by atoms with Crippen LogP contribution in [0.2, 0.25) is 5.02 Å². The lowest BCUT2D eigenvalue weighted by molar-refractivity contribution is 0.399. The van der Waals surface area contributed by atoms with Crippen molar-refractivity contribution >= 4 is 21.6 Å². The fourth-order valence-corrected chi connectivity index (χ4v) is 3.27. The lowest BCUT2D eigenvalue weighted by Crippen LogP contribution is -2.42. The van der Waals surface area contributed by atoms with Crippen LogP contribution in [0, 0.1) is 0 Å². The molecular weight excluding hydrogens is 274 g/mol. The highest BCUT2D eigenvalue weighted by atomic mass is 35.5. The molecule has 4 nitrogen and oxygen atoms in total. The molecule has 1 aromatic carbocycles. The van der Waals surface area contributed by atoms with Crippen LogP contribution in [0.3, 0.4) is 0 Å². The van der Waals surface area contributed by atoms with Gasteiger partial charge in [-0.3, -0.25) is 0 Å². The Morgan fingerprint density at radius 3 is 2.50 bits per heavy atom. The third-order valence-corrected chi connectivity index (χ3v) is 4.66. The van der Waals surface area contributed by atoms with Crippen molar-refractivity contribution in [3.05, 3.63) is 23.2 Å². The Bertz CT molecular complexity index is 526. The van der Waals surface area contributed by atoms with E-state index in [1.54, 1.807) is 6.07 Å². The third kappa shape index (κ3) is 3.60. The molecule has 0 fully saturated rings. The van der Waals surface area contributed by atoms with Gasteiger partial charge in [-0.2, -0.15) is 0 Å². The van der Waals surface area contributed by atoms with E-state index in [-0.39, 0.29) is 10.6 Å². The molecule has 0 bridgehead atoms. The van der Waals surface area contributed by atoms with Crippen LogP contribution >= 0.6 is 11.6 Å². The number of halogens is 1. The van der Waals surface area contributed by atoms with Gasteiger partial charge in [0.05, 0.1) is 7.11 Å². The van der Waals surface area contributed by atoms with Gasteiger partial charge in [-0.25, -0.2) is 13.1 Å². The highest BCUT2D eigenvalue weighted by Gasteiger charge is 2.27. The summed E-state index contributed by atoms with van der Waals surface area (Å²) in [7, 11) is -2.23. The molecular formula is C12H18ClNO3S. The average Bonchev–Trinajstić information content (AvgIpc) is 2.28. The maximum Gasteiger partial charge on any atom is 0.244 e. The summed E-state index contributed by atoms with van der Waals surface area (Å²) in [6.45, 7) is 5.56. The summed E-state index contributed by atoms with van der Waals surface area (Å²) >= 11 is 5.84. The number of sulfonamides is 1. The van der Waals surface area contributed by atoms with Crippen molar-refractivity contribution in [3.63, 3.8) is 0 Å². The van der Waals surface area contributed by atoms with Crippen LogP contribution in [0.4, 0.5) is 0 Å². The molecule has 0 aliphatic rings. The Hall–Kier alpha value is -0.780. The Morgan fingerprint density at radius 2 is 2.00 bits per heavy atom. The van der Waals surface area contributed by atoms with Gasteiger partial charge in [0.15, 0.2) is 0 Å². The van der Waals surface area contributed by atoms with E-state index in [4.69, 9.17) is 16.3 Å². The molecule has 0 aliphatic carbocycles. The van der Waals surface area contributed by atoms with E-state index in [2.05, 4.69) is 4.72 Å². The number of nitrogens with one attached hydrogen (secondary N) is 1. The van der Waals surface area contributed by atoms with Crippen molar-refractivity contribution in [1.29, 1.82) is 0 Å². The standard InChI is InChI=1S/C12H18ClNO3S/c1-5-12(2,3)14-18(15,16)11-8-9(13)6-7-10(11)17-4/h6-8,14H,5H2,1-4H3. The van der Waals surface area contributed by atoms with Crippen molar-refractivity contribution in [1.82, 2.24) is 4.72 Å². The van der Waals surface area contributed by atoms with E-state index in [9.17, 15) is 8.42 Å². The topological polar surface area (TPSA) is 55.4 Å². The minimum absolute atomic E-state index is 0.0547. The van der Waals surface area contributed by atoms with Crippen molar-refractivity contribution in [2.75, 3.05) is 7.11 Å². The molecule has 0 saturated carbocycles. The van der Waals surface area contributed by atoms with Gasteiger partial charge in [-0.1, -0.05) is 18.5 Å². The number of hydrogen-bond acceptors (Lipinski definition) is 3. The summed E-state index contributed by atoms with van der Waals surface area (Å²) < 4.78 is 32.3. The van der Waals surface area contributed by atoms with E-state index < -0.39 is 15.6 Å². The summed E-state index contributed by atoms with van der Waals surface area (Å²) in [5.74, 6) is 0.277. The molecule has 1 aromatic rings. The predicted octanol–water partition coefficient (Wildman–Crippen LogP) is 2.82. The number of benzene rings is 1. The molecule has 0 heterocycles. The minimum atomic E-state index is -3.65. The first kappa shape index (κ1) is 15.3. The fraction of sp³-hybridized carbons (Fsp3) is 0.500.